The Hall–Kier alpha value is -5.11. The lowest BCUT2D eigenvalue weighted by Crippen LogP contribution is -2.44. The van der Waals surface area contributed by atoms with E-state index < -0.39 is 17.7 Å². The summed E-state index contributed by atoms with van der Waals surface area (Å²) >= 11 is 0. The lowest BCUT2D eigenvalue weighted by atomic mass is 9.81. The maximum atomic E-state index is 13.5. The highest BCUT2D eigenvalue weighted by molar-refractivity contribution is 6.22. The third kappa shape index (κ3) is 8.25. The summed E-state index contributed by atoms with van der Waals surface area (Å²) in [6.45, 7) is 0.112. The van der Waals surface area contributed by atoms with E-state index in [0.29, 0.717) is 36.9 Å². The maximum Gasteiger partial charge on any atom is 0.411 e. The molecule has 1 heterocycles. The summed E-state index contributed by atoms with van der Waals surface area (Å²) in [5, 5.41) is 2.66. The molecule has 0 atom stereocenters. The molecule has 1 N–H and O–H groups in total. The highest BCUT2D eigenvalue weighted by Crippen LogP contribution is 2.36. The van der Waals surface area contributed by atoms with Crippen molar-refractivity contribution >= 4 is 29.6 Å². The van der Waals surface area contributed by atoms with Gasteiger partial charge in [0, 0.05) is 5.69 Å². The van der Waals surface area contributed by atoms with Gasteiger partial charge < -0.3 is 9.47 Å². The van der Waals surface area contributed by atoms with Crippen molar-refractivity contribution in [2.24, 2.45) is 0 Å². The van der Waals surface area contributed by atoms with E-state index in [0.717, 1.165) is 16.7 Å². The van der Waals surface area contributed by atoms with Crippen LogP contribution in [0.1, 0.15) is 41.5 Å². The van der Waals surface area contributed by atoms with Crippen LogP contribution in [0, 0.1) is 11.6 Å². The Bertz CT molecular complexity index is 1580. The molecular weight excluding hydrogens is 564 g/mol. The molecule has 6 nitrogen and oxygen atoms in total. The molecule has 0 saturated carbocycles. The summed E-state index contributed by atoms with van der Waals surface area (Å²) < 4.78 is 38.2. The number of benzene rings is 4. The first-order valence-electron chi connectivity index (χ1n) is 14.3. The first kappa shape index (κ1) is 30.4. The van der Waals surface area contributed by atoms with E-state index in [4.69, 9.17) is 9.47 Å². The van der Waals surface area contributed by atoms with Crippen LogP contribution in [0.3, 0.4) is 0 Å². The number of amides is 1. The lowest BCUT2D eigenvalue weighted by Gasteiger charge is -2.37. The van der Waals surface area contributed by atoms with Crippen LogP contribution in [0.2, 0.25) is 0 Å². The van der Waals surface area contributed by atoms with Gasteiger partial charge in [0.05, 0.1) is 6.42 Å². The van der Waals surface area contributed by atoms with Gasteiger partial charge in [0.25, 0.3) is 0 Å². The SMILES string of the molecule is O=C(Nc1cccc(/C=C2/C(=O)CC(CCc3ccc(F)cc3)(CCc3ccc(F)cc3)OC2=O)c1)OCc1ccccc1. The molecule has 0 unspecified atom stereocenters. The Morgan fingerprint density at radius 3 is 2.00 bits per heavy atom. The van der Waals surface area contributed by atoms with Gasteiger partial charge in [-0.15, -0.1) is 0 Å². The maximum absolute atomic E-state index is 13.5. The third-order valence-electron chi connectivity index (χ3n) is 7.53. The molecule has 0 radical (unpaired) electrons. The molecule has 4 aromatic rings. The number of hydrogen-bond acceptors (Lipinski definition) is 5. The quantitative estimate of drug-likeness (QED) is 0.116. The van der Waals surface area contributed by atoms with Crippen LogP contribution in [0.15, 0.2) is 109 Å². The molecule has 0 aromatic heterocycles. The number of nitrogens with one attached hydrogen (secondary N) is 1. The summed E-state index contributed by atoms with van der Waals surface area (Å²) in [5.74, 6) is -1.80. The predicted molar refractivity (Wildman–Crippen MR) is 163 cm³/mol. The second kappa shape index (κ2) is 13.9. The van der Waals surface area contributed by atoms with Crippen LogP contribution in [0.25, 0.3) is 6.08 Å². The number of rotatable bonds is 10. The van der Waals surface area contributed by atoms with Gasteiger partial charge in [0.2, 0.25) is 0 Å². The number of carbonyl (C=O) groups is 3. The summed E-state index contributed by atoms with van der Waals surface area (Å²) in [6.07, 6.45) is 2.43. The number of ether oxygens (including phenoxy) is 2. The van der Waals surface area contributed by atoms with Crippen molar-refractivity contribution in [3.05, 3.63) is 143 Å². The minimum atomic E-state index is -1.08. The second-order valence-electron chi connectivity index (χ2n) is 10.8. The van der Waals surface area contributed by atoms with Crippen molar-refractivity contribution in [3.8, 4) is 0 Å². The van der Waals surface area contributed by atoms with Crippen LogP contribution in [-0.2, 0) is 38.5 Å². The van der Waals surface area contributed by atoms with Gasteiger partial charge in [-0.2, -0.15) is 0 Å². The molecule has 224 valence electrons. The number of halogens is 2. The highest BCUT2D eigenvalue weighted by atomic mass is 19.1. The molecule has 5 rings (SSSR count). The van der Waals surface area contributed by atoms with Crippen molar-refractivity contribution in [3.63, 3.8) is 0 Å². The molecule has 4 aromatic carbocycles. The van der Waals surface area contributed by atoms with E-state index in [1.807, 2.05) is 30.3 Å². The number of cyclic esters (lactones) is 1. The second-order valence-corrected chi connectivity index (χ2v) is 10.8. The van der Waals surface area contributed by atoms with Crippen molar-refractivity contribution in [2.75, 3.05) is 5.32 Å². The first-order chi connectivity index (χ1) is 21.3. The van der Waals surface area contributed by atoms with E-state index in [2.05, 4.69) is 5.32 Å². The Morgan fingerprint density at radius 1 is 0.795 bits per heavy atom. The van der Waals surface area contributed by atoms with Crippen molar-refractivity contribution in [1.82, 2.24) is 0 Å². The van der Waals surface area contributed by atoms with Gasteiger partial charge >= 0.3 is 12.1 Å². The van der Waals surface area contributed by atoms with Crippen molar-refractivity contribution in [1.29, 1.82) is 0 Å². The van der Waals surface area contributed by atoms with Gasteiger partial charge in [0.15, 0.2) is 5.78 Å². The molecule has 1 aliphatic rings. The summed E-state index contributed by atoms with van der Waals surface area (Å²) in [5.41, 5.74) is 2.33. The molecule has 8 heteroatoms. The average Bonchev–Trinajstić information content (AvgIpc) is 3.02. The van der Waals surface area contributed by atoms with Crippen LogP contribution in [-0.4, -0.2) is 23.4 Å². The minimum absolute atomic E-state index is 0.0310. The van der Waals surface area contributed by atoms with Crippen molar-refractivity contribution < 1.29 is 32.6 Å². The summed E-state index contributed by atoms with van der Waals surface area (Å²) in [4.78, 5) is 39.1. The standard InChI is InChI=1S/C36H31F2NO5/c37-29-13-9-25(10-14-29)17-19-36(20-18-26-11-15-30(38)16-12-26)23-33(40)32(34(41)44-36)22-28-7-4-8-31(21-28)39-35(42)43-24-27-5-2-1-3-6-27/h1-16,21-22H,17-20,23-24H2,(H,39,42)/b32-22-. The molecule has 1 aliphatic heterocycles. The molecule has 1 saturated heterocycles. The summed E-state index contributed by atoms with van der Waals surface area (Å²) in [7, 11) is 0. The van der Waals surface area contributed by atoms with Gasteiger partial charge in [-0.25, -0.2) is 18.4 Å². The summed E-state index contributed by atoms with van der Waals surface area (Å²) in [6, 6.07) is 28.1. The van der Waals surface area contributed by atoms with Gasteiger partial charge in [-0.1, -0.05) is 66.7 Å². The zero-order valence-electron chi connectivity index (χ0n) is 23.9. The zero-order valence-corrected chi connectivity index (χ0v) is 23.9. The highest BCUT2D eigenvalue weighted by Gasteiger charge is 2.43. The normalized spacial score (nSPS) is 15.1. The average molecular weight is 596 g/mol. The third-order valence-corrected chi connectivity index (χ3v) is 7.53. The molecule has 44 heavy (non-hydrogen) atoms. The smallest absolute Gasteiger partial charge is 0.411 e. The molecular formula is C36H31F2NO5. The number of anilines is 1. The van der Waals surface area contributed by atoms with Crippen LogP contribution < -0.4 is 5.32 Å². The molecule has 0 spiro atoms. The number of hydrogen-bond donors (Lipinski definition) is 1. The Balaban J connectivity index is 1.28. The van der Waals surface area contributed by atoms with Crippen LogP contribution >= 0.6 is 0 Å². The minimum Gasteiger partial charge on any atom is -0.455 e. The fourth-order valence-electron chi connectivity index (χ4n) is 5.13. The lowest BCUT2D eigenvalue weighted by molar-refractivity contribution is -0.164. The van der Waals surface area contributed by atoms with E-state index in [9.17, 15) is 23.2 Å². The van der Waals surface area contributed by atoms with Crippen molar-refractivity contribution in [2.45, 2.75) is 44.3 Å². The zero-order chi connectivity index (χ0) is 30.9. The van der Waals surface area contributed by atoms with Crippen LogP contribution in [0.5, 0.6) is 0 Å². The van der Waals surface area contributed by atoms with Crippen LogP contribution in [0.4, 0.5) is 19.3 Å². The topological polar surface area (TPSA) is 81.7 Å². The number of esters is 1. The fraction of sp³-hybridized carbons (Fsp3) is 0.194. The number of carbonyl (C=O) groups excluding carboxylic acids is 3. The Labute approximate surface area is 254 Å². The Morgan fingerprint density at radius 2 is 1.41 bits per heavy atom. The monoisotopic (exact) mass is 595 g/mol. The van der Waals surface area contributed by atoms with E-state index in [1.54, 1.807) is 48.5 Å². The molecule has 0 aliphatic carbocycles. The first-order valence-corrected chi connectivity index (χ1v) is 14.3. The predicted octanol–water partition coefficient (Wildman–Crippen LogP) is 7.62. The molecule has 0 bridgehead atoms. The number of Topliss-reactive ketones (excluding diaryl/α,β-unsaturated/α-hetero) is 1. The number of ketones is 1. The molecule has 1 fully saturated rings. The van der Waals surface area contributed by atoms with E-state index >= 15 is 0 Å². The van der Waals surface area contributed by atoms with Gasteiger partial charge in [0.1, 0.15) is 29.4 Å². The van der Waals surface area contributed by atoms with E-state index in [1.165, 1.54) is 30.3 Å². The molecule has 1 amide bonds. The number of aryl methyl sites for hydroxylation is 2. The van der Waals surface area contributed by atoms with Gasteiger partial charge in [-0.3, -0.25) is 10.1 Å². The van der Waals surface area contributed by atoms with E-state index in [-0.39, 0.29) is 36.0 Å². The fourth-order valence-corrected chi connectivity index (χ4v) is 5.13. The Kier molecular flexibility index (Phi) is 9.59. The largest absolute Gasteiger partial charge is 0.455 e. The van der Waals surface area contributed by atoms with Gasteiger partial charge in [-0.05, 0) is 90.4 Å².